The van der Waals surface area contributed by atoms with Gasteiger partial charge in [-0.25, -0.2) is 9.97 Å². The van der Waals surface area contributed by atoms with Crippen molar-refractivity contribution in [1.29, 1.82) is 0 Å². The molecule has 2 aliphatic heterocycles. The highest BCUT2D eigenvalue weighted by atomic mass is 15.3. The van der Waals surface area contributed by atoms with Crippen molar-refractivity contribution in [3.8, 4) is 0 Å². The van der Waals surface area contributed by atoms with Gasteiger partial charge in [0.1, 0.15) is 12.1 Å². The van der Waals surface area contributed by atoms with Crippen LogP contribution in [-0.2, 0) is 13.0 Å². The summed E-state index contributed by atoms with van der Waals surface area (Å²) >= 11 is 0. The summed E-state index contributed by atoms with van der Waals surface area (Å²) in [4.78, 5) is 14.2. The molecule has 3 aliphatic rings. The van der Waals surface area contributed by atoms with Gasteiger partial charge in [0.25, 0.3) is 0 Å². The maximum atomic E-state index is 4.69. The van der Waals surface area contributed by atoms with Gasteiger partial charge in [0, 0.05) is 37.7 Å². The Labute approximate surface area is 121 Å². The second-order valence-corrected chi connectivity index (χ2v) is 6.70. The standard InChI is InChI=1S/C16H24N4/c1-19-8-7-14-13(10-19)16(18-11-17-14)20-9-6-12-4-2-3-5-15(12)20/h11-12,15H,2-10H2,1H3/t12-,15+/m1/s1. The van der Waals surface area contributed by atoms with E-state index in [0.717, 1.165) is 31.5 Å². The summed E-state index contributed by atoms with van der Waals surface area (Å²) in [5.74, 6) is 2.16. The molecule has 0 aromatic carbocycles. The van der Waals surface area contributed by atoms with Crippen LogP contribution < -0.4 is 4.90 Å². The van der Waals surface area contributed by atoms with Crippen molar-refractivity contribution in [2.75, 3.05) is 25.0 Å². The van der Waals surface area contributed by atoms with Crippen molar-refractivity contribution in [3.05, 3.63) is 17.6 Å². The van der Waals surface area contributed by atoms with Gasteiger partial charge in [-0.2, -0.15) is 0 Å². The first-order valence-electron chi connectivity index (χ1n) is 8.11. The van der Waals surface area contributed by atoms with E-state index in [1.807, 2.05) is 0 Å². The van der Waals surface area contributed by atoms with Crippen molar-refractivity contribution in [1.82, 2.24) is 14.9 Å². The molecule has 108 valence electrons. The summed E-state index contributed by atoms with van der Waals surface area (Å²) in [6, 6.07) is 0.745. The lowest BCUT2D eigenvalue weighted by atomic mass is 9.85. The van der Waals surface area contributed by atoms with E-state index in [2.05, 4.69) is 26.8 Å². The predicted octanol–water partition coefficient (Wildman–Crippen LogP) is 2.23. The third kappa shape index (κ3) is 2.01. The number of rotatable bonds is 1. The van der Waals surface area contributed by atoms with Crippen molar-refractivity contribution < 1.29 is 0 Å². The van der Waals surface area contributed by atoms with Crippen molar-refractivity contribution in [2.45, 2.75) is 51.1 Å². The molecule has 0 amide bonds. The zero-order valence-corrected chi connectivity index (χ0v) is 12.4. The number of hydrogen-bond acceptors (Lipinski definition) is 4. The van der Waals surface area contributed by atoms with E-state index in [1.54, 1.807) is 6.33 Å². The molecule has 1 aromatic rings. The van der Waals surface area contributed by atoms with Gasteiger partial charge in [-0.15, -0.1) is 0 Å². The van der Waals surface area contributed by atoms with Gasteiger partial charge < -0.3 is 9.80 Å². The van der Waals surface area contributed by atoms with Gasteiger partial charge in [0.2, 0.25) is 0 Å². The Bertz CT molecular complexity index is 501. The Morgan fingerprint density at radius 1 is 1.10 bits per heavy atom. The lowest BCUT2D eigenvalue weighted by molar-refractivity contribution is 0.307. The topological polar surface area (TPSA) is 32.3 Å². The van der Waals surface area contributed by atoms with Crippen LogP contribution in [0, 0.1) is 5.92 Å². The predicted molar refractivity (Wildman–Crippen MR) is 79.8 cm³/mol. The first-order chi connectivity index (χ1) is 9.83. The largest absolute Gasteiger partial charge is 0.353 e. The van der Waals surface area contributed by atoms with E-state index in [4.69, 9.17) is 0 Å². The Hall–Kier alpha value is -1.16. The van der Waals surface area contributed by atoms with Crippen LogP contribution in [0.2, 0.25) is 0 Å². The molecule has 0 spiro atoms. The van der Waals surface area contributed by atoms with E-state index in [1.165, 1.54) is 55.7 Å². The zero-order valence-electron chi connectivity index (χ0n) is 12.4. The molecule has 3 heterocycles. The number of aromatic nitrogens is 2. The van der Waals surface area contributed by atoms with Crippen LogP contribution in [0.15, 0.2) is 6.33 Å². The number of fused-ring (bicyclic) bond motifs is 2. The molecule has 1 aromatic heterocycles. The summed E-state index contributed by atoms with van der Waals surface area (Å²) in [5.41, 5.74) is 2.68. The SMILES string of the molecule is CN1CCc2ncnc(N3CC[C@H]4CCCC[C@@H]43)c2C1. The molecule has 1 saturated heterocycles. The monoisotopic (exact) mass is 272 g/mol. The van der Waals surface area contributed by atoms with Gasteiger partial charge >= 0.3 is 0 Å². The minimum atomic E-state index is 0.745. The molecule has 4 heteroatoms. The highest BCUT2D eigenvalue weighted by Gasteiger charge is 2.37. The molecule has 1 aliphatic carbocycles. The van der Waals surface area contributed by atoms with E-state index < -0.39 is 0 Å². The van der Waals surface area contributed by atoms with Gasteiger partial charge in [-0.1, -0.05) is 12.8 Å². The Balaban J connectivity index is 1.68. The summed E-state index contributed by atoms with van der Waals surface area (Å²) in [6.07, 6.45) is 9.83. The highest BCUT2D eigenvalue weighted by Crippen LogP contribution is 2.39. The van der Waals surface area contributed by atoms with Crippen LogP contribution in [0.5, 0.6) is 0 Å². The lowest BCUT2D eigenvalue weighted by Crippen LogP contribution is -2.37. The van der Waals surface area contributed by atoms with E-state index in [0.29, 0.717) is 0 Å². The number of hydrogen-bond donors (Lipinski definition) is 0. The van der Waals surface area contributed by atoms with Crippen LogP contribution in [0.3, 0.4) is 0 Å². The second-order valence-electron chi connectivity index (χ2n) is 6.70. The lowest BCUT2D eigenvalue weighted by Gasteiger charge is -2.35. The molecule has 1 saturated carbocycles. The average Bonchev–Trinajstić information content (AvgIpc) is 2.90. The third-order valence-electron chi connectivity index (χ3n) is 5.45. The summed E-state index contributed by atoms with van der Waals surface area (Å²) in [5, 5.41) is 0. The zero-order chi connectivity index (χ0) is 13.5. The summed E-state index contributed by atoms with van der Waals surface area (Å²) in [6.45, 7) is 3.33. The molecule has 0 bridgehead atoms. The van der Waals surface area contributed by atoms with Gasteiger partial charge in [0.05, 0.1) is 5.69 Å². The Kier molecular flexibility index (Phi) is 3.14. The molecular formula is C16H24N4. The normalized spacial score (nSPS) is 30.1. The number of anilines is 1. The Morgan fingerprint density at radius 3 is 2.95 bits per heavy atom. The first kappa shape index (κ1) is 12.6. The van der Waals surface area contributed by atoms with Crippen LogP contribution >= 0.6 is 0 Å². The maximum Gasteiger partial charge on any atom is 0.137 e. The fourth-order valence-corrected chi connectivity index (χ4v) is 4.38. The summed E-state index contributed by atoms with van der Waals surface area (Å²) in [7, 11) is 2.20. The minimum absolute atomic E-state index is 0.745. The second kappa shape index (κ2) is 4.99. The first-order valence-corrected chi connectivity index (χ1v) is 8.11. The molecule has 0 unspecified atom stereocenters. The molecule has 0 N–H and O–H groups in total. The fraction of sp³-hybridized carbons (Fsp3) is 0.750. The van der Waals surface area contributed by atoms with Crippen molar-refractivity contribution in [2.24, 2.45) is 5.92 Å². The number of likely N-dealkylation sites (N-methyl/N-ethyl adjacent to an activating group) is 1. The van der Waals surface area contributed by atoms with Crippen LogP contribution in [0.4, 0.5) is 5.82 Å². The van der Waals surface area contributed by atoms with Crippen LogP contribution in [-0.4, -0.2) is 41.0 Å². The molecule has 0 radical (unpaired) electrons. The van der Waals surface area contributed by atoms with Crippen molar-refractivity contribution >= 4 is 5.82 Å². The van der Waals surface area contributed by atoms with E-state index in [9.17, 15) is 0 Å². The van der Waals surface area contributed by atoms with Crippen molar-refractivity contribution in [3.63, 3.8) is 0 Å². The third-order valence-corrected chi connectivity index (χ3v) is 5.45. The van der Waals surface area contributed by atoms with E-state index in [-0.39, 0.29) is 0 Å². The molecule has 4 rings (SSSR count). The molecule has 4 nitrogen and oxygen atoms in total. The van der Waals surface area contributed by atoms with E-state index >= 15 is 0 Å². The quantitative estimate of drug-likeness (QED) is 0.785. The highest BCUT2D eigenvalue weighted by molar-refractivity contribution is 5.51. The molecule has 2 atom stereocenters. The molecular weight excluding hydrogens is 248 g/mol. The average molecular weight is 272 g/mol. The fourth-order valence-electron chi connectivity index (χ4n) is 4.38. The van der Waals surface area contributed by atoms with Gasteiger partial charge in [-0.3, -0.25) is 0 Å². The smallest absolute Gasteiger partial charge is 0.137 e. The summed E-state index contributed by atoms with van der Waals surface area (Å²) < 4.78 is 0. The van der Waals surface area contributed by atoms with Crippen LogP contribution in [0.1, 0.15) is 43.4 Å². The minimum Gasteiger partial charge on any atom is -0.353 e. The van der Waals surface area contributed by atoms with Gasteiger partial charge in [-0.05, 0) is 32.2 Å². The van der Waals surface area contributed by atoms with Crippen LogP contribution in [0.25, 0.3) is 0 Å². The van der Waals surface area contributed by atoms with Gasteiger partial charge in [0.15, 0.2) is 0 Å². The molecule has 20 heavy (non-hydrogen) atoms. The maximum absolute atomic E-state index is 4.69. The number of nitrogens with zero attached hydrogens (tertiary/aromatic N) is 4. The Morgan fingerprint density at radius 2 is 2.00 bits per heavy atom. The molecule has 2 fully saturated rings.